The molecular weight excluding hydrogens is 257 g/mol. The van der Waals surface area contributed by atoms with Crippen molar-refractivity contribution in [3.05, 3.63) is 47.0 Å². The fraction of sp³-hybridized carbons (Fsp3) is 0.167. The first-order chi connectivity index (χ1) is 8.56. The van der Waals surface area contributed by atoms with E-state index in [1.165, 1.54) is 24.4 Å². The van der Waals surface area contributed by atoms with Crippen LogP contribution in [0.4, 0.5) is 10.3 Å². The van der Waals surface area contributed by atoms with Crippen LogP contribution in [-0.2, 0) is 0 Å². The summed E-state index contributed by atoms with van der Waals surface area (Å²) in [6, 6.07) is 5.60. The molecule has 0 amide bonds. The third kappa shape index (κ3) is 2.87. The summed E-state index contributed by atoms with van der Waals surface area (Å²) in [6.45, 7) is 1.77. The van der Waals surface area contributed by atoms with Gasteiger partial charge in [-0.1, -0.05) is 11.6 Å². The third-order valence-corrected chi connectivity index (χ3v) is 2.62. The van der Waals surface area contributed by atoms with Crippen LogP contribution < -0.4 is 10.5 Å². The molecule has 0 saturated carbocycles. The van der Waals surface area contributed by atoms with Crippen LogP contribution in [-0.4, -0.2) is 9.97 Å². The number of nitrogens with two attached hydrogens (primary N) is 1. The molecule has 0 fully saturated rings. The lowest BCUT2D eigenvalue weighted by Gasteiger charge is -2.15. The minimum Gasteiger partial charge on any atom is -0.483 e. The number of benzene rings is 1. The second-order valence-corrected chi connectivity index (χ2v) is 4.08. The monoisotopic (exact) mass is 267 g/mol. The van der Waals surface area contributed by atoms with Crippen LogP contribution in [0.25, 0.3) is 0 Å². The smallest absolute Gasteiger partial charge is 0.220 e. The van der Waals surface area contributed by atoms with E-state index in [0.717, 1.165) is 0 Å². The van der Waals surface area contributed by atoms with Gasteiger partial charge in [0.25, 0.3) is 0 Å². The highest BCUT2D eigenvalue weighted by Crippen LogP contribution is 2.29. The van der Waals surface area contributed by atoms with Gasteiger partial charge in [-0.25, -0.2) is 14.4 Å². The molecule has 6 heteroatoms. The molecule has 4 nitrogen and oxygen atoms in total. The summed E-state index contributed by atoms with van der Waals surface area (Å²) in [5, 5.41) is 0.338. The molecule has 94 valence electrons. The Morgan fingerprint density at radius 2 is 2.17 bits per heavy atom. The van der Waals surface area contributed by atoms with E-state index >= 15 is 0 Å². The van der Waals surface area contributed by atoms with Crippen molar-refractivity contribution in [3.63, 3.8) is 0 Å². The topological polar surface area (TPSA) is 61.0 Å². The molecule has 1 atom stereocenters. The van der Waals surface area contributed by atoms with Gasteiger partial charge in [0.15, 0.2) is 0 Å². The van der Waals surface area contributed by atoms with Crippen molar-refractivity contribution < 1.29 is 9.13 Å². The highest BCUT2D eigenvalue weighted by Gasteiger charge is 2.12. The van der Waals surface area contributed by atoms with Crippen molar-refractivity contribution in [2.45, 2.75) is 13.0 Å². The van der Waals surface area contributed by atoms with Crippen LogP contribution >= 0.6 is 11.6 Å². The number of rotatable bonds is 3. The van der Waals surface area contributed by atoms with E-state index in [4.69, 9.17) is 22.1 Å². The van der Waals surface area contributed by atoms with Gasteiger partial charge in [-0.05, 0) is 25.1 Å². The van der Waals surface area contributed by atoms with Crippen LogP contribution in [0.2, 0.25) is 5.02 Å². The third-order valence-electron chi connectivity index (χ3n) is 2.31. The van der Waals surface area contributed by atoms with Crippen LogP contribution in [0, 0.1) is 5.82 Å². The van der Waals surface area contributed by atoms with Gasteiger partial charge in [-0.2, -0.15) is 0 Å². The van der Waals surface area contributed by atoms with E-state index in [0.29, 0.717) is 10.7 Å². The molecule has 18 heavy (non-hydrogen) atoms. The summed E-state index contributed by atoms with van der Waals surface area (Å²) in [5.41, 5.74) is 6.08. The molecule has 0 spiro atoms. The molecule has 0 aliphatic heterocycles. The van der Waals surface area contributed by atoms with E-state index in [1.807, 2.05) is 0 Å². The summed E-state index contributed by atoms with van der Waals surface area (Å²) in [5.74, 6) is 0.0124. The molecule has 0 aliphatic rings. The second kappa shape index (κ2) is 5.18. The van der Waals surface area contributed by atoms with E-state index in [-0.39, 0.29) is 11.7 Å². The molecule has 1 aromatic heterocycles. The van der Waals surface area contributed by atoms with Gasteiger partial charge in [0.1, 0.15) is 17.7 Å². The quantitative estimate of drug-likeness (QED) is 0.929. The Bertz CT molecular complexity index is 565. The maximum Gasteiger partial charge on any atom is 0.220 e. The van der Waals surface area contributed by atoms with Crippen LogP contribution in [0.3, 0.4) is 0 Å². The highest BCUT2D eigenvalue weighted by molar-refractivity contribution is 6.32. The molecule has 0 radical (unpaired) electrons. The lowest BCUT2D eigenvalue weighted by molar-refractivity contribution is 0.221. The maximum absolute atomic E-state index is 13.1. The SMILES string of the molecule is C[C@@H](Oc1cc(F)ccc1Cl)c1ccnc(N)n1. The molecular formula is C12H11ClFN3O. The fourth-order valence-corrected chi connectivity index (χ4v) is 1.60. The first-order valence-electron chi connectivity index (χ1n) is 5.26. The van der Waals surface area contributed by atoms with Crippen LogP contribution in [0.5, 0.6) is 5.75 Å². The number of hydrogen-bond donors (Lipinski definition) is 1. The van der Waals surface area contributed by atoms with E-state index in [1.54, 1.807) is 13.0 Å². The average Bonchev–Trinajstić information content (AvgIpc) is 2.34. The molecule has 2 aromatic rings. The van der Waals surface area contributed by atoms with E-state index in [2.05, 4.69) is 9.97 Å². The summed E-state index contributed by atoms with van der Waals surface area (Å²) >= 11 is 5.91. The Balaban J connectivity index is 2.21. The molecule has 1 aromatic carbocycles. The van der Waals surface area contributed by atoms with Gasteiger partial charge in [-0.3, -0.25) is 0 Å². The van der Waals surface area contributed by atoms with Crippen molar-refractivity contribution in [2.24, 2.45) is 0 Å². The molecule has 2 rings (SSSR count). The molecule has 2 N–H and O–H groups in total. The Kier molecular flexibility index (Phi) is 3.62. The van der Waals surface area contributed by atoms with Gasteiger partial charge >= 0.3 is 0 Å². The molecule has 0 unspecified atom stereocenters. The van der Waals surface area contributed by atoms with Gasteiger partial charge in [0, 0.05) is 12.3 Å². The summed E-state index contributed by atoms with van der Waals surface area (Å²) in [7, 11) is 0. The number of halogens is 2. The second-order valence-electron chi connectivity index (χ2n) is 3.67. The standard InChI is InChI=1S/C12H11ClFN3O/c1-7(10-4-5-16-12(15)17-10)18-11-6-8(14)2-3-9(11)13/h2-7H,1H3,(H2,15,16,17)/t7-/m1/s1. The average molecular weight is 268 g/mol. The summed E-state index contributed by atoms with van der Waals surface area (Å²) < 4.78 is 18.6. The molecule has 0 aliphatic carbocycles. The van der Waals surface area contributed by atoms with Crippen molar-refractivity contribution in [1.29, 1.82) is 0 Å². The van der Waals surface area contributed by atoms with Crippen LogP contribution in [0.15, 0.2) is 30.5 Å². The lowest BCUT2D eigenvalue weighted by Crippen LogP contribution is -2.08. The summed E-state index contributed by atoms with van der Waals surface area (Å²) in [4.78, 5) is 7.81. The van der Waals surface area contributed by atoms with Crippen molar-refractivity contribution in [2.75, 3.05) is 5.73 Å². The lowest BCUT2D eigenvalue weighted by atomic mass is 10.2. The molecule has 1 heterocycles. The van der Waals surface area contributed by atoms with Gasteiger partial charge < -0.3 is 10.5 Å². The normalized spacial score (nSPS) is 12.2. The first-order valence-corrected chi connectivity index (χ1v) is 5.64. The largest absolute Gasteiger partial charge is 0.483 e. The zero-order valence-corrected chi connectivity index (χ0v) is 10.4. The van der Waals surface area contributed by atoms with E-state index in [9.17, 15) is 4.39 Å². The number of nitrogens with zero attached hydrogens (tertiary/aromatic N) is 2. The van der Waals surface area contributed by atoms with Crippen molar-refractivity contribution in [3.8, 4) is 5.75 Å². The minimum atomic E-state index is -0.413. The fourth-order valence-electron chi connectivity index (χ4n) is 1.43. The van der Waals surface area contributed by atoms with Crippen molar-refractivity contribution >= 4 is 17.5 Å². The number of hydrogen-bond acceptors (Lipinski definition) is 4. The Morgan fingerprint density at radius 3 is 2.89 bits per heavy atom. The van der Waals surface area contributed by atoms with Crippen LogP contribution in [0.1, 0.15) is 18.7 Å². The predicted molar refractivity (Wildman–Crippen MR) is 66.9 cm³/mol. The highest BCUT2D eigenvalue weighted by atomic mass is 35.5. The minimum absolute atomic E-state index is 0.160. The zero-order valence-electron chi connectivity index (χ0n) is 9.60. The Morgan fingerprint density at radius 1 is 1.39 bits per heavy atom. The van der Waals surface area contributed by atoms with Gasteiger partial charge in [0.05, 0.1) is 10.7 Å². The number of ether oxygens (including phenoxy) is 1. The number of anilines is 1. The van der Waals surface area contributed by atoms with Crippen molar-refractivity contribution in [1.82, 2.24) is 9.97 Å². The maximum atomic E-state index is 13.1. The first kappa shape index (κ1) is 12.6. The predicted octanol–water partition coefficient (Wildman–Crippen LogP) is 2.99. The molecule has 0 saturated heterocycles. The van der Waals surface area contributed by atoms with E-state index < -0.39 is 11.9 Å². The Hall–Kier alpha value is -1.88. The van der Waals surface area contributed by atoms with Gasteiger partial charge in [-0.15, -0.1) is 0 Å². The number of nitrogen functional groups attached to an aromatic ring is 1. The molecule has 0 bridgehead atoms. The number of aromatic nitrogens is 2. The Labute approximate surface area is 109 Å². The van der Waals surface area contributed by atoms with Gasteiger partial charge in [0.2, 0.25) is 5.95 Å². The summed E-state index contributed by atoms with van der Waals surface area (Å²) in [6.07, 6.45) is 1.12. The zero-order chi connectivity index (χ0) is 13.1.